The average Bonchev–Trinajstić information content (AvgIpc) is 2.92. The minimum atomic E-state index is 0.464. The number of allylic oxidation sites excluding steroid dienone is 4. The van der Waals surface area contributed by atoms with Gasteiger partial charge in [-0.25, -0.2) is 0 Å². The van der Waals surface area contributed by atoms with Crippen LogP contribution in [0.25, 0.3) is 11.6 Å². The standard InChI is InChI=1S/C13H8O/c1-2-4-9-8(3-1)7-11-10(9)5-6-12-13(11)14-12/h1-8H. The Kier molecular flexibility index (Phi) is 0.954. The van der Waals surface area contributed by atoms with Crippen molar-refractivity contribution in [2.24, 2.45) is 5.92 Å². The predicted octanol–water partition coefficient (Wildman–Crippen LogP) is 1.48. The van der Waals surface area contributed by atoms with Crippen LogP contribution in [0, 0.1) is 5.92 Å². The molecule has 0 amide bonds. The minimum Gasteiger partial charge on any atom is -0.449 e. The van der Waals surface area contributed by atoms with E-state index in [1.54, 1.807) is 0 Å². The molecule has 1 atom stereocenters. The Bertz CT molecular complexity index is 617. The summed E-state index contributed by atoms with van der Waals surface area (Å²) in [5.41, 5.74) is 1.40. The van der Waals surface area contributed by atoms with Crippen molar-refractivity contribution in [3.8, 4) is 11.5 Å². The molecule has 1 aliphatic heterocycles. The fraction of sp³-hybridized carbons (Fsp3) is 0.0769. The Labute approximate surface area is 81.3 Å². The van der Waals surface area contributed by atoms with E-state index in [0.29, 0.717) is 5.92 Å². The minimum absolute atomic E-state index is 0.464. The van der Waals surface area contributed by atoms with Gasteiger partial charge in [-0.05, 0) is 16.9 Å². The molecule has 1 unspecified atom stereocenters. The number of hydrogen-bond acceptors (Lipinski definition) is 1. The van der Waals surface area contributed by atoms with Crippen LogP contribution in [0.3, 0.4) is 0 Å². The molecule has 4 rings (SSSR count). The van der Waals surface area contributed by atoms with Crippen LogP contribution in [0.5, 0.6) is 11.5 Å². The second-order valence-electron chi connectivity index (χ2n) is 3.85. The summed E-state index contributed by atoms with van der Waals surface area (Å²) in [6.45, 7) is 0. The van der Waals surface area contributed by atoms with Gasteiger partial charge in [0.05, 0.1) is 0 Å². The molecule has 1 nitrogen and oxygen atoms in total. The van der Waals surface area contributed by atoms with Crippen molar-refractivity contribution >= 4 is 11.6 Å². The Morgan fingerprint density at radius 1 is 1.14 bits per heavy atom. The van der Waals surface area contributed by atoms with Gasteiger partial charge < -0.3 is 4.74 Å². The van der Waals surface area contributed by atoms with Crippen molar-refractivity contribution < 1.29 is 4.74 Å². The molecular weight excluding hydrogens is 172 g/mol. The summed E-state index contributed by atoms with van der Waals surface area (Å²) in [5, 5.41) is 2.63. The zero-order valence-electron chi connectivity index (χ0n) is 7.53. The molecule has 0 saturated carbocycles. The van der Waals surface area contributed by atoms with Gasteiger partial charge >= 0.3 is 0 Å². The van der Waals surface area contributed by atoms with Gasteiger partial charge in [-0.15, -0.1) is 0 Å². The number of fused-ring (bicyclic) bond motifs is 4. The molecule has 0 fully saturated rings. The van der Waals surface area contributed by atoms with Gasteiger partial charge in [-0.3, -0.25) is 0 Å². The maximum atomic E-state index is 5.39. The Hall–Kier alpha value is -1.76. The molecule has 0 saturated heterocycles. The summed E-state index contributed by atoms with van der Waals surface area (Å²) in [7, 11) is 0. The van der Waals surface area contributed by atoms with Crippen LogP contribution in [0.15, 0.2) is 36.4 Å². The second-order valence-corrected chi connectivity index (χ2v) is 3.85. The van der Waals surface area contributed by atoms with E-state index in [1.165, 1.54) is 16.0 Å². The fourth-order valence-electron chi connectivity index (χ4n) is 2.32. The lowest BCUT2D eigenvalue weighted by Crippen LogP contribution is -2.19. The van der Waals surface area contributed by atoms with Crippen molar-refractivity contribution in [3.63, 3.8) is 0 Å². The van der Waals surface area contributed by atoms with Gasteiger partial charge in [-0.2, -0.15) is 0 Å². The predicted molar refractivity (Wildman–Crippen MR) is 55.4 cm³/mol. The first-order chi connectivity index (χ1) is 6.93. The Morgan fingerprint density at radius 3 is 3.14 bits per heavy atom. The van der Waals surface area contributed by atoms with Gasteiger partial charge in [0.1, 0.15) is 0 Å². The molecule has 0 aromatic heterocycles. The van der Waals surface area contributed by atoms with E-state index >= 15 is 0 Å². The molecule has 0 bridgehead atoms. The van der Waals surface area contributed by atoms with Crippen LogP contribution in [-0.4, -0.2) is 0 Å². The lowest BCUT2D eigenvalue weighted by molar-refractivity contribution is 0.646. The zero-order valence-corrected chi connectivity index (χ0v) is 7.53. The highest BCUT2D eigenvalue weighted by atomic mass is 16.6. The summed E-state index contributed by atoms with van der Waals surface area (Å²) in [6, 6.07) is 4.22. The molecule has 0 N–H and O–H groups in total. The average molecular weight is 180 g/mol. The summed E-state index contributed by atoms with van der Waals surface area (Å²) < 4.78 is 5.39. The van der Waals surface area contributed by atoms with Gasteiger partial charge in [0.2, 0.25) is 0 Å². The van der Waals surface area contributed by atoms with Gasteiger partial charge in [-0.1, -0.05) is 36.4 Å². The molecule has 1 aromatic rings. The highest BCUT2D eigenvalue weighted by Crippen LogP contribution is 2.41. The van der Waals surface area contributed by atoms with E-state index in [1.807, 2.05) is 0 Å². The van der Waals surface area contributed by atoms with Crippen LogP contribution in [0.4, 0.5) is 0 Å². The highest BCUT2D eigenvalue weighted by molar-refractivity contribution is 5.77. The molecular formula is C13H8O. The van der Waals surface area contributed by atoms with Gasteiger partial charge in [0.25, 0.3) is 0 Å². The van der Waals surface area contributed by atoms with Crippen molar-refractivity contribution in [2.45, 2.75) is 0 Å². The number of rotatable bonds is 0. The lowest BCUT2D eigenvalue weighted by atomic mass is 9.97. The van der Waals surface area contributed by atoms with Gasteiger partial charge in [0, 0.05) is 11.1 Å². The third-order valence-electron chi connectivity index (χ3n) is 3.05. The van der Waals surface area contributed by atoms with Crippen LogP contribution in [0.2, 0.25) is 0 Å². The van der Waals surface area contributed by atoms with E-state index < -0.39 is 0 Å². The lowest BCUT2D eigenvalue weighted by Gasteiger charge is -2.07. The molecule has 1 aromatic carbocycles. The first-order valence-electron chi connectivity index (χ1n) is 4.85. The summed E-state index contributed by atoms with van der Waals surface area (Å²) in [4.78, 5) is 0. The smallest absolute Gasteiger partial charge is 0.177 e. The summed E-state index contributed by atoms with van der Waals surface area (Å²) >= 11 is 0. The van der Waals surface area contributed by atoms with E-state index in [-0.39, 0.29) is 0 Å². The highest BCUT2D eigenvalue weighted by Gasteiger charge is 2.26. The Balaban J connectivity index is 2.21. The number of hydrogen-bond donors (Lipinski definition) is 0. The third kappa shape index (κ3) is 0.666. The summed E-state index contributed by atoms with van der Waals surface area (Å²) in [6.07, 6.45) is 10.9. The maximum Gasteiger partial charge on any atom is 0.177 e. The topological polar surface area (TPSA) is 12.5 Å². The van der Waals surface area contributed by atoms with Gasteiger partial charge in [0.15, 0.2) is 11.5 Å². The molecule has 1 heteroatoms. The third-order valence-corrected chi connectivity index (χ3v) is 3.05. The molecule has 2 aliphatic carbocycles. The van der Waals surface area contributed by atoms with Crippen molar-refractivity contribution in [3.05, 3.63) is 46.9 Å². The maximum absolute atomic E-state index is 5.39. The first kappa shape index (κ1) is 6.66. The number of ether oxygens (including phenoxy) is 1. The SMILES string of the molecule is C1=CC2=c3ccc4c(c3=CC2C=C1)O4. The van der Waals surface area contributed by atoms with Crippen LogP contribution in [-0.2, 0) is 0 Å². The van der Waals surface area contributed by atoms with E-state index in [2.05, 4.69) is 42.5 Å². The number of benzene rings is 1. The zero-order chi connectivity index (χ0) is 9.12. The molecule has 14 heavy (non-hydrogen) atoms. The quantitative estimate of drug-likeness (QED) is 0.559. The molecule has 3 aliphatic rings. The molecule has 1 heterocycles. The van der Waals surface area contributed by atoms with Crippen molar-refractivity contribution in [1.82, 2.24) is 0 Å². The van der Waals surface area contributed by atoms with Crippen molar-refractivity contribution in [1.29, 1.82) is 0 Å². The molecule has 66 valence electrons. The largest absolute Gasteiger partial charge is 0.449 e. The van der Waals surface area contributed by atoms with E-state index in [4.69, 9.17) is 4.74 Å². The fourth-order valence-corrected chi connectivity index (χ4v) is 2.32. The normalized spacial score (nSPS) is 23.4. The Morgan fingerprint density at radius 2 is 2.14 bits per heavy atom. The first-order valence-corrected chi connectivity index (χ1v) is 4.85. The molecule has 0 spiro atoms. The second kappa shape index (κ2) is 2.01. The summed E-state index contributed by atoms with van der Waals surface area (Å²) in [5.74, 6) is 2.60. The van der Waals surface area contributed by atoms with Crippen LogP contribution in [0.1, 0.15) is 0 Å². The van der Waals surface area contributed by atoms with Crippen molar-refractivity contribution in [2.75, 3.05) is 0 Å². The van der Waals surface area contributed by atoms with Crippen LogP contribution >= 0.6 is 0 Å². The monoisotopic (exact) mass is 180 g/mol. The van der Waals surface area contributed by atoms with Crippen LogP contribution < -0.4 is 15.2 Å². The molecule has 0 radical (unpaired) electrons. The van der Waals surface area contributed by atoms with E-state index in [9.17, 15) is 0 Å². The van der Waals surface area contributed by atoms with E-state index in [0.717, 1.165) is 11.5 Å².